The summed E-state index contributed by atoms with van der Waals surface area (Å²) in [7, 11) is 0. The van der Waals surface area contributed by atoms with Crippen LogP contribution in [-0.4, -0.2) is 19.0 Å². The Kier molecular flexibility index (Phi) is 4.37. The SMILES string of the molecule is O=C(CC1CCNC1)NCc1ccc(Br)s1. The summed E-state index contributed by atoms with van der Waals surface area (Å²) in [5.41, 5.74) is 0. The maximum Gasteiger partial charge on any atom is 0.220 e. The third-order valence-corrected chi connectivity index (χ3v) is 4.35. The molecule has 5 heteroatoms. The molecule has 1 fully saturated rings. The number of carbonyl (C=O) groups excluding carboxylic acids is 1. The van der Waals surface area contributed by atoms with Crippen LogP contribution in [0.1, 0.15) is 17.7 Å². The molecule has 1 amide bonds. The fraction of sp³-hybridized carbons (Fsp3) is 0.545. The van der Waals surface area contributed by atoms with Gasteiger partial charge in [-0.05, 0) is 53.5 Å². The summed E-state index contributed by atoms with van der Waals surface area (Å²) >= 11 is 5.07. The van der Waals surface area contributed by atoms with Gasteiger partial charge in [-0.3, -0.25) is 4.79 Å². The van der Waals surface area contributed by atoms with Crippen LogP contribution in [0.15, 0.2) is 15.9 Å². The van der Waals surface area contributed by atoms with Gasteiger partial charge in [0.25, 0.3) is 0 Å². The summed E-state index contributed by atoms with van der Waals surface area (Å²) in [4.78, 5) is 12.8. The Morgan fingerprint density at radius 1 is 1.62 bits per heavy atom. The fourth-order valence-corrected chi connectivity index (χ4v) is 3.28. The summed E-state index contributed by atoms with van der Waals surface area (Å²) in [6.07, 6.45) is 1.78. The molecule has 0 aromatic carbocycles. The minimum absolute atomic E-state index is 0.165. The van der Waals surface area contributed by atoms with Crippen LogP contribution in [0, 0.1) is 5.92 Å². The molecule has 1 aliphatic heterocycles. The van der Waals surface area contributed by atoms with Crippen LogP contribution in [0.4, 0.5) is 0 Å². The predicted octanol–water partition coefficient (Wildman–Crippen LogP) is 2.13. The Morgan fingerprint density at radius 2 is 2.50 bits per heavy atom. The molecule has 1 saturated heterocycles. The van der Waals surface area contributed by atoms with Crippen LogP contribution in [-0.2, 0) is 11.3 Å². The quantitative estimate of drug-likeness (QED) is 0.894. The molecule has 2 rings (SSSR count). The van der Waals surface area contributed by atoms with Crippen molar-refractivity contribution in [2.45, 2.75) is 19.4 Å². The van der Waals surface area contributed by atoms with Gasteiger partial charge in [0.1, 0.15) is 0 Å². The van der Waals surface area contributed by atoms with E-state index in [2.05, 4.69) is 26.6 Å². The number of thiophene rings is 1. The van der Waals surface area contributed by atoms with Gasteiger partial charge in [0, 0.05) is 11.3 Å². The average Bonchev–Trinajstić information content (AvgIpc) is 2.87. The lowest BCUT2D eigenvalue weighted by molar-refractivity contribution is -0.122. The second-order valence-corrected chi connectivity index (χ2v) is 6.59. The van der Waals surface area contributed by atoms with Crippen molar-refractivity contribution in [3.63, 3.8) is 0 Å². The summed E-state index contributed by atoms with van der Waals surface area (Å²) in [6.45, 7) is 2.68. The highest BCUT2D eigenvalue weighted by atomic mass is 79.9. The topological polar surface area (TPSA) is 41.1 Å². The van der Waals surface area contributed by atoms with Gasteiger partial charge < -0.3 is 10.6 Å². The van der Waals surface area contributed by atoms with Gasteiger partial charge in [0.15, 0.2) is 0 Å². The second-order valence-electron chi connectivity index (χ2n) is 4.05. The number of nitrogens with one attached hydrogen (secondary N) is 2. The highest BCUT2D eigenvalue weighted by Gasteiger charge is 2.17. The van der Waals surface area contributed by atoms with Gasteiger partial charge >= 0.3 is 0 Å². The van der Waals surface area contributed by atoms with E-state index < -0.39 is 0 Å². The largest absolute Gasteiger partial charge is 0.351 e. The monoisotopic (exact) mass is 302 g/mol. The Hall–Kier alpha value is -0.390. The molecule has 0 bridgehead atoms. The van der Waals surface area contributed by atoms with Crippen molar-refractivity contribution in [3.05, 3.63) is 20.8 Å². The smallest absolute Gasteiger partial charge is 0.220 e. The maximum absolute atomic E-state index is 11.6. The first-order chi connectivity index (χ1) is 7.74. The molecule has 0 saturated carbocycles. The lowest BCUT2D eigenvalue weighted by Gasteiger charge is -2.08. The maximum atomic E-state index is 11.6. The summed E-state index contributed by atoms with van der Waals surface area (Å²) < 4.78 is 1.11. The molecule has 3 nitrogen and oxygen atoms in total. The van der Waals surface area contributed by atoms with Gasteiger partial charge in [-0.2, -0.15) is 0 Å². The van der Waals surface area contributed by atoms with Gasteiger partial charge in [-0.15, -0.1) is 11.3 Å². The van der Waals surface area contributed by atoms with E-state index in [-0.39, 0.29) is 5.91 Å². The van der Waals surface area contributed by atoms with Crippen molar-refractivity contribution in [3.8, 4) is 0 Å². The highest BCUT2D eigenvalue weighted by Crippen LogP contribution is 2.21. The van der Waals surface area contributed by atoms with Gasteiger partial charge in [0.2, 0.25) is 5.91 Å². The zero-order chi connectivity index (χ0) is 11.4. The highest BCUT2D eigenvalue weighted by molar-refractivity contribution is 9.11. The van der Waals surface area contributed by atoms with Gasteiger partial charge in [0.05, 0.1) is 10.3 Å². The van der Waals surface area contributed by atoms with Crippen molar-refractivity contribution in [1.29, 1.82) is 0 Å². The molecule has 1 aliphatic rings. The molecule has 1 aromatic rings. The van der Waals surface area contributed by atoms with Crippen LogP contribution in [0.5, 0.6) is 0 Å². The Morgan fingerprint density at radius 3 is 3.12 bits per heavy atom. The van der Waals surface area contributed by atoms with E-state index >= 15 is 0 Å². The third-order valence-electron chi connectivity index (χ3n) is 2.73. The Labute approximate surface area is 108 Å². The number of rotatable bonds is 4. The molecular weight excluding hydrogens is 288 g/mol. The molecule has 0 spiro atoms. The van der Waals surface area contributed by atoms with Gasteiger partial charge in [-0.1, -0.05) is 0 Å². The third kappa shape index (κ3) is 3.57. The first kappa shape index (κ1) is 12.1. The zero-order valence-corrected chi connectivity index (χ0v) is 11.4. The van der Waals surface area contributed by atoms with E-state index in [0.717, 1.165) is 23.3 Å². The number of amides is 1. The van der Waals surface area contributed by atoms with E-state index in [1.807, 2.05) is 12.1 Å². The van der Waals surface area contributed by atoms with Crippen LogP contribution >= 0.6 is 27.3 Å². The Bertz CT molecular complexity index is 361. The summed E-state index contributed by atoms with van der Waals surface area (Å²) in [5, 5.41) is 6.23. The number of hydrogen-bond acceptors (Lipinski definition) is 3. The van der Waals surface area contributed by atoms with E-state index in [0.29, 0.717) is 18.9 Å². The molecule has 1 unspecified atom stereocenters. The van der Waals surface area contributed by atoms with Crippen LogP contribution in [0.2, 0.25) is 0 Å². The molecule has 2 heterocycles. The molecule has 88 valence electrons. The normalized spacial score (nSPS) is 19.9. The van der Waals surface area contributed by atoms with E-state index in [4.69, 9.17) is 0 Å². The van der Waals surface area contributed by atoms with Gasteiger partial charge in [-0.25, -0.2) is 0 Å². The number of halogens is 1. The van der Waals surface area contributed by atoms with Crippen molar-refractivity contribution in [2.75, 3.05) is 13.1 Å². The standard InChI is InChI=1S/C11H15BrN2OS/c12-10-2-1-9(16-10)7-14-11(15)5-8-3-4-13-6-8/h1-2,8,13H,3-7H2,(H,14,15). The number of carbonyl (C=O) groups is 1. The predicted molar refractivity (Wildman–Crippen MR) is 69.5 cm³/mol. The van der Waals surface area contributed by atoms with Crippen molar-refractivity contribution < 1.29 is 4.79 Å². The van der Waals surface area contributed by atoms with Crippen LogP contribution < -0.4 is 10.6 Å². The second kappa shape index (κ2) is 5.80. The minimum Gasteiger partial charge on any atom is -0.351 e. The van der Waals surface area contributed by atoms with E-state index in [1.165, 1.54) is 4.88 Å². The fourth-order valence-electron chi connectivity index (χ4n) is 1.86. The molecule has 2 N–H and O–H groups in total. The minimum atomic E-state index is 0.165. The zero-order valence-electron chi connectivity index (χ0n) is 8.96. The van der Waals surface area contributed by atoms with E-state index in [1.54, 1.807) is 11.3 Å². The molecule has 0 radical (unpaired) electrons. The molecule has 1 atom stereocenters. The first-order valence-electron chi connectivity index (χ1n) is 5.45. The van der Waals surface area contributed by atoms with Crippen molar-refractivity contribution in [2.24, 2.45) is 5.92 Å². The Balaban J connectivity index is 1.71. The van der Waals surface area contributed by atoms with E-state index in [9.17, 15) is 4.79 Å². The summed E-state index contributed by atoms with van der Waals surface area (Å²) in [6, 6.07) is 4.04. The average molecular weight is 303 g/mol. The first-order valence-corrected chi connectivity index (χ1v) is 7.06. The number of hydrogen-bond donors (Lipinski definition) is 2. The van der Waals surface area contributed by atoms with Crippen LogP contribution in [0.25, 0.3) is 0 Å². The summed E-state index contributed by atoms with van der Waals surface area (Å²) in [5.74, 6) is 0.688. The molecule has 16 heavy (non-hydrogen) atoms. The van der Waals surface area contributed by atoms with Crippen LogP contribution in [0.3, 0.4) is 0 Å². The van der Waals surface area contributed by atoms with Crippen molar-refractivity contribution in [1.82, 2.24) is 10.6 Å². The molecular formula is C11H15BrN2OS. The molecule has 1 aromatic heterocycles. The lowest BCUT2D eigenvalue weighted by Crippen LogP contribution is -2.25. The van der Waals surface area contributed by atoms with Crippen molar-refractivity contribution >= 4 is 33.2 Å². The molecule has 0 aliphatic carbocycles. The lowest BCUT2D eigenvalue weighted by atomic mass is 10.0.